The number of aromatic nitrogens is 2. The maximum Gasteiger partial charge on any atom is 0.0922 e. The third-order valence-electron chi connectivity index (χ3n) is 3.00. The zero-order valence-electron chi connectivity index (χ0n) is 8.61. The fraction of sp³-hybridized carbons (Fsp3) is 0.700. The first-order valence-electron chi connectivity index (χ1n) is 5.21. The highest BCUT2D eigenvalue weighted by Gasteiger charge is 2.22. The van der Waals surface area contributed by atoms with Crippen LogP contribution >= 0.6 is 0 Å². The van der Waals surface area contributed by atoms with E-state index in [9.17, 15) is 0 Å². The molecule has 0 bridgehead atoms. The Labute approximate surface area is 84.5 Å². The Bertz CT molecular complexity index is 270. The lowest BCUT2D eigenvalue weighted by molar-refractivity contribution is 0.156. The van der Waals surface area contributed by atoms with E-state index in [4.69, 9.17) is 5.73 Å². The summed E-state index contributed by atoms with van der Waals surface area (Å²) in [6.07, 6.45) is 4.73. The van der Waals surface area contributed by atoms with E-state index in [1.165, 1.54) is 5.69 Å². The molecular formula is C10H18N4. The number of imidazole rings is 1. The molecule has 14 heavy (non-hydrogen) atoms. The number of H-pyrrole nitrogens is 1. The van der Waals surface area contributed by atoms with Crippen molar-refractivity contribution in [3.8, 4) is 0 Å². The van der Waals surface area contributed by atoms with Gasteiger partial charge >= 0.3 is 0 Å². The van der Waals surface area contributed by atoms with Gasteiger partial charge in [-0.05, 0) is 12.3 Å². The number of hydrogen-bond donors (Lipinski definition) is 2. The van der Waals surface area contributed by atoms with E-state index in [1.807, 2.05) is 6.20 Å². The van der Waals surface area contributed by atoms with E-state index in [0.29, 0.717) is 12.0 Å². The zero-order chi connectivity index (χ0) is 9.97. The largest absolute Gasteiger partial charge is 0.347 e. The van der Waals surface area contributed by atoms with Crippen molar-refractivity contribution in [1.29, 1.82) is 0 Å². The van der Waals surface area contributed by atoms with Gasteiger partial charge in [0.15, 0.2) is 0 Å². The normalized spacial score (nSPS) is 29.3. The fourth-order valence-corrected chi connectivity index (χ4v) is 2.01. The molecule has 1 fully saturated rings. The Morgan fingerprint density at radius 1 is 1.71 bits per heavy atom. The Morgan fingerprint density at radius 2 is 2.57 bits per heavy atom. The number of piperidine rings is 1. The summed E-state index contributed by atoms with van der Waals surface area (Å²) in [6, 6.07) is 0.382. The predicted octanol–water partition coefficient (Wildman–Crippen LogP) is 0.579. The van der Waals surface area contributed by atoms with E-state index in [2.05, 4.69) is 21.8 Å². The molecule has 2 heterocycles. The maximum absolute atomic E-state index is 5.97. The second kappa shape index (κ2) is 4.11. The van der Waals surface area contributed by atoms with Crippen molar-refractivity contribution in [2.24, 2.45) is 11.7 Å². The van der Waals surface area contributed by atoms with Gasteiger partial charge in [-0.2, -0.15) is 0 Å². The highest BCUT2D eigenvalue weighted by Crippen LogP contribution is 2.16. The molecule has 4 nitrogen and oxygen atoms in total. The summed E-state index contributed by atoms with van der Waals surface area (Å²) < 4.78 is 0. The number of aromatic amines is 1. The summed E-state index contributed by atoms with van der Waals surface area (Å²) in [4.78, 5) is 9.57. The standard InChI is InChI=1S/C10H18N4/c1-8-5-14(3-2-10(8)11)6-9-4-12-7-13-9/h4,7-8,10H,2-3,5-6,11H2,1H3,(H,12,13). The first kappa shape index (κ1) is 9.68. The Kier molecular flexibility index (Phi) is 2.84. The van der Waals surface area contributed by atoms with E-state index < -0.39 is 0 Å². The predicted molar refractivity (Wildman–Crippen MR) is 55.6 cm³/mol. The number of nitrogens with zero attached hydrogens (tertiary/aromatic N) is 2. The molecule has 4 heteroatoms. The molecule has 1 aromatic heterocycles. The summed E-state index contributed by atoms with van der Waals surface area (Å²) in [5, 5.41) is 0. The average Bonchev–Trinajstić information content (AvgIpc) is 2.64. The molecule has 1 aliphatic rings. The lowest BCUT2D eigenvalue weighted by Gasteiger charge is -2.34. The van der Waals surface area contributed by atoms with Crippen LogP contribution in [0.2, 0.25) is 0 Å². The van der Waals surface area contributed by atoms with Gasteiger partial charge in [0.25, 0.3) is 0 Å². The van der Waals surface area contributed by atoms with Crippen LogP contribution in [0.4, 0.5) is 0 Å². The topological polar surface area (TPSA) is 57.9 Å². The van der Waals surface area contributed by atoms with Crippen LogP contribution in [0.1, 0.15) is 19.0 Å². The van der Waals surface area contributed by atoms with E-state index >= 15 is 0 Å². The SMILES string of the molecule is CC1CN(Cc2cnc[nH]2)CCC1N. The van der Waals surface area contributed by atoms with Crippen molar-refractivity contribution < 1.29 is 0 Å². The van der Waals surface area contributed by atoms with Gasteiger partial charge in [0.2, 0.25) is 0 Å². The molecular weight excluding hydrogens is 176 g/mol. The molecule has 2 rings (SSSR count). The number of hydrogen-bond acceptors (Lipinski definition) is 3. The molecule has 2 atom stereocenters. The van der Waals surface area contributed by atoms with Crippen molar-refractivity contribution >= 4 is 0 Å². The molecule has 1 saturated heterocycles. The quantitative estimate of drug-likeness (QED) is 0.724. The molecule has 1 aliphatic heterocycles. The number of nitrogens with two attached hydrogens (primary N) is 1. The van der Waals surface area contributed by atoms with Crippen LogP contribution in [0.15, 0.2) is 12.5 Å². The summed E-state index contributed by atoms with van der Waals surface area (Å²) in [5.74, 6) is 0.603. The van der Waals surface area contributed by atoms with E-state index in [1.54, 1.807) is 6.33 Å². The van der Waals surface area contributed by atoms with Gasteiger partial charge in [-0.15, -0.1) is 0 Å². The molecule has 2 unspecified atom stereocenters. The monoisotopic (exact) mass is 194 g/mol. The summed E-state index contributed by atoms with van der Waals surface area (Å²) in [6.45, 7) is 5.39. The molecule has 0 saturated carbocycles. The molecule has 1 aromatic rings. The van der Waals surface area contributed by atoms with Gasteiger partial charge < -0.3 is 10.7 Å². The number of nitrogens with one attached hydrogen (secondary N) is 1. The minimum atomic E-state index is 0.382. The third kappa shape index (κ3) is 2.13. The first-order chi connectivity index (χ1) is 6.75. The van der Waals surface area contributed by atoms with Crippen LogP contribution in [-0.2, 0) is 6.54 Å². The lowest BCUT2D eigenvalue weighted by atomic mass is 9.95. The van der Waals surface area contributed by atoms with Crippen molar-refractivity contribution in [1.82, 2.24) is 14.9 Å². The van der Waals surface area contributed by atoms with Crippen LogP contribution < -0.4 is 5.73 Å². The second-order valence-corrected chi connectivity index (χ2v) is 4.24. The Morgan fingerprint density at radius 3 is 3.21 bits per heavy atom. The Hall–Kier alpha value is -0.870. The van der Waals surface area contributed by atoms with Crippen molar-refractivity contribution in [3.05, 3.63) is 18.2 Å². The number of rotatable bonds is 2. The maximum atomic E-state index is 5.97. The van der Waals surface area contributed by atoms with Gasteiger partial charge in [-0.1, -0.05) is 6.92 Å². The molecule has 78 valence electrons. The second-order valence-electron chi connectivity index (χ2n) is 4.24. The highest BCUT2D eigenvalue weighted by molar-refractivity contribution is 4.95. The zero-order valence-corrected chi connectivity index (χ0v) is 8.61. The van der Waals surface area contributed by atoms with Crippen molar-refractivity contribution in [2.75, 3.05) is 13.1 Å². The van der Waals surface area contributed by atoms with Crippen LogP contribution in [0.3, 0.4) is 0 Å². The molecule has 3 N–H and O–H groups in total. The molecule has 0 radical (unpaired) electrons. The van der Waals surface area contributed by atoms with Gasteiger partial charge in [-0.3, -0.25) is 4.90 Å². The molecule has 0 amide bonds. The third-order valence-corrected chi connectivity index (χ3v) is 3.00. The first-order valence-corrected chi connectivity index (χ1v) is 5.21. The van der Waals surface area contributed by atoms with Crippen LogP contribution in [0.5, 0.6) is 0 Å². The Balaban J connectivity index is 1.88. The summed E-state index contributed by atoms with van der Waals surface area (Å²) in [7, 11) is 0. The van der Waals surface area contributed by atoms with Gasteiger partial charge in [-0.25, -0.2) is 4.98 Å². The molecule has 0 spiro atoms. The van der Waals surface area contributed by atoms with Gasteiger partial charge in [0, 0.05) is 37.6 Å². The van der Waals surface area contributed by atoms with Crippen molar-refractivity contribution in [3.63, 3.8) is 0 Å². The summed E-state index contributed by atoms with van der Waals surface area (Å²) in [5.41, 5.74) is 7.15. The lowest BCUT2D eigenvalue weighted by Crippen LogP contribution is -2.45. The van der Waals surface area contributed by atoms with Gasteiger partial charge in [0.1, 0.15) is 0 Å². The molecule has 0 aliphatic carbocycles. The number of likely N-dealkylation sites (tertiary alicyclic amines) is 1. The summed E-state index contributed by atoms with van der Waals surface area (Å²) >= 11 is 0. The smallest absolute Gasteiger partial charge is 0.0922 e. The highest BCUT2D eigenvalue weighted by atomic mass is 15.1. The average molecular weight is 194 g/mol. The van der Waals surface area contributed by atoms with E-state index in [-0.39, 0.29) is 0 Å². The van der Waals surface area contributed by atoms with E-state index in [0.717, 1.165) is 26.1 Å². The fourth-order valence-electron chi connectivity index (χ4n) is 2.01. The van der Waals surface area contributed by atoms with Gasteiger partial charge in [0.05, 0.1) is 6.33 Å². The minimum Gasteiger partial charge on any atom is -0.347 e. The minimum absolute atomic E-state index is 0.382. The van der Waals surface area contributed by atoms with Crippen molar-refractivity contribution in [2.45, 2.75) is 25.9 Å². The van der Waals surface area contributed by atoms with Crippen LogP contribution in [0, 0.1) is 5.92 Å². The van der Waals surface area contributed by atoms with Crippen LogP contribution in [0.25, 0.3) is 0 Å². The molecule has 0 aromatic carbocycles. The van der Waals surface area contributed by atoms with Crippen LogP contribution in [-0.4, -0.2) is 34.0 Å².